The Balaban J connectivity index is 2.24. The molecule has 0 spiro atoms. The SMILES string of the molecule is CCCOC(=O)C1C(C)=Nc2c(c(CCC)nn2C)C1c1cccc(Cl)c1Cl. The molecule has 0 saturated heterocycles. The minimum Gasteiger partial charge on any atom is -0.465 e. The molecule has 5 nitrogen and oxygen atoms in total. The zero-order chi connectivity index (χ0) is 20.4. The van der Waals surface area contributed by atoms with Crippen molar-refractivity contribution >= 4 is 40.7 Å². The summed E-state index contributed by atoms with van der Waals surface area (Å²) in [5.74, 6) is -0.421. The lowest BCUT2D eigenvalue weighted by molar-refractivity contribution is -0.146. The Morgan fingerprint density at radius 1 is 1.25 bits per heavy atom. The van der Waals surface area contributed by atoms with E-state index < -0.39 is 5.92 Å². The average Bonchev–Trinajstić information content (AvgIpc) is 2.96. The molecular formula is C21H25Cl2N3O2. The maximum absolute atomic E-state index is 13.0. The number of halogens is 2. The van der Waals surface area contributed by atoms with Gasteiger partial charge in [-0.05, 0) is 31.4 Å². The van der Waals surface area contributed by atoms with Gasteiger partial charge in [0.15, 0.2) is 5.82 Å². The van der Waals surface area contributed by atoms with E-state index in [1.165, 1.54) is 0 Å². The molecule has 1 aromatic heterocycles. The number of rotatable bonds is 6. The molecule has 28 heavy (non-hydrogen) atoms. The van der Waals surface area contributed by atoms with Crippen molar-refractivity contribution < 1.29 is 9.53 Å². The number of ether oxygens (including phenoxy) is 1. The van der Waals surface area contributed by atoms with Gasteiger partial charge in [0.2, 0.25) is 0 Å². The highest BCUT2D eigenvalue weighted by atomic mass is 35.5. The number of carbonyl (C=O) groups is 1. The quantitative estimate of drug-likeness (QED) is 0.579. The van der Waals surface area contributed by atoms with Gasteiger partial charge < -0.3 is 4.74 Å². The molecular weight excluding hydrogens is 397 g/mol. The van der Waals surface area contributed by atoms with Crippen molar-refractivity contribution in [1.82, 2.24) is 9.78 Å². The van der Waals surface area contributed by atoms with Crippen molar-refractivity contribution in [2.75, 3.05) is 6.61 Å². The first kappa shape index (κ1) is 20.9. The maximum atomic E-state index is 13.0. The summed E-state index contributed by atoms with van der Waals surface area (Å²) in [5.41, 5.74) is 3.37. The van der Waals surface area contributed by atoms with Crippen LogP contribution in [0, 0.1) is 5.92 Å². The fraction of sp³-hybridized carbons (Fsp3) is 0.476. The lowest BCUT2D eigenvalue weighted by Crippen LogP contribution is -2.34. The van der Waals surface area contributed by atoms with Gasteiger partial charge in [0.1, 0.15) is 5.92 Å². The van der Waals surface area contributed by atoms with Crippen LogP contribution in [0.5, 0.6) is 0 Å². The molecule has 150 valence electrons. The molecule has 2 unspecified atom stereocenters. The van der Waals surface area contributed by atoms with E-state index in [1.54, 1.807) is 10.7 Å². The second kappa shape index (κ2) is 8.66. The van der Waals surface area contributed by atoms with Gasteiger partial charge in [-0.3, -0.25) is 9.48 Å². The third-order valence-electron chi connectivity index (χ3n) is 5.01. The zero-order valence-electron chi connectivity index (χ0n) is 16.6. The van der Waals surface area contributed by atoms with E-state index in [1.807, 2.05) is 33.0 Å². The summed E-state index contributed by atoms with van der Waals surface area (Å²) in [6.45, 7) is 6.31. The van der Waals surface area contributed by atoms with E-state index in [9.17, 15) is 4.79 Å². The summed E-state index contributed by atoms with van der Waals surface area (Å²) in [6, 6.07) is 5.53. The maximum Gasteiger partial charge on any atom is 0.315 e. The summed E-state index contributed by atoms with van der Waals surface area (Å²) < 4.78 is 7.30. The number of esters is 1. The lowest BCUT2D eigenvalue weighted by Gasteiger charge is -2.31. The number of carbonyl (C=O) groups excluding carboxylic acids is 1. The molecule has 0 aliphatic carbocycles. The summed E-state index contributed by atoms with van der Waals surface area (Å²) in [5, 5.41) is 5.60. The van der Waals surface area contributed by atoms with Crippen molar-refractivity contribution in [2.45, 2.75) is 46.0 Å². The molecule has 0 saturated carbocycles. The number of aromatic nitrogens is 2. The van der Waals surface area contributed by atoms with Gasteiger partial charge in [-0.15, -0.1) is 0 Å². The van der Waals surface area contributed by atoms with Crippen LogP contribution in [0.1, 0.15) is 56.4 Å². The van der Waals surface area contributed by atoms with E-state index in [0.717, 1.165) is 41.9 Å². The molecule has 2 aromatic rings. The highest BCUT2D eigenvalue weighted by Crippen LogP contribution is 2.47. The van der Waals surface area contributed by atoms with Crippen molar-refractivity contribution in [1.29, 1.82) is 0 Å². The third kappa shape index (κ3) is 3.70. The largest absolute Gasteiger partial charge is 0.465 e. The van der Waals surface area contributed by atoms with E-state index >= 15 is 0 Å². The summed E-state index contributed by atoms with van der Waals surface area (Å²) in [4.78, 5) is 17.8. The number of aryl methyl sites for hydroxylation is 2. The Labute approximate surface area is 175 Å². The molecule has 2 atom stereocenters. The van der Waals surface area contributed by atoms with Gasteiger partial charge >= 0.3 is 5.97 Å². The van der Waals surface area contributed by atoms with Crippen LogP contribution < -0.4 is 0 Å². The highest BCUT2D eigenvalue weighted by Gasteiger charge is 2.42. The number of nitrogens with zero attached hydrogens (tertiary/aromatic N) is 3. The normalized spacial score (nSPS) is 18.6. The van der Waals surface area contributed by atoms with E-state index in [4.69, 9.17) is 32.9 Å². The molecule has 1 aliphatic rings. The number of fused-ring (bicyclic) bond motifs is 1. The Morgan fingerprint density at radius 2 is 2.00 bits per heavy atom. The van der Waals surface area contributed by atoms with Crippen molar-refractivity contribution in [3.05, 3.63) is 45.1 Å². The lowest BCUT2D eigenvalue weighted by atomic mass is 9.76. The minimum absolute atomic E-state index is 0.291. The smallest absolute Gasteiger partial charge is 0.315 e. The van der Waals surface area contributed by atoms with Crippen LogP contribution in [0.25, 0.3) is 0 Å². The molecule has 0 bridgehead atoms. The fourth-order valence-electron chi connectivity index (χ4n) is 3.80. The number of hydrogen-bond donors (Lipinski definition) is 0. The second-order valence-corrected chi connectivity index (χ2v) is 7.86. The fourth-order valence-corrected chi connectivity index (χ4v) is 4.22. The summed E-state index contributed by atoms with van der Waals surface area (Å²) in [6.07, 6.45) is 2.49. The molecule has 1 aromatic carbocycles. The zero-order valence-corrected chi connectivity index (χ0v) is 18.1. The summed E-state index contributed by atoms with van der Waals surface area (Å²) >= 11 is 12.9. The van der Waals surface area contributed by atoms with Crippen LogP contribution in [-0.4, -0.2) is 28.1 Å². The van der Waals surface area contributed by atoms with E-state index in [0.29, 0.717) is 22.4 Å². The number of hydrogen-bond acceptors (Lipinski definition) is 4. The molecule has 0 radical (unpaired) electrons. The Kier molecular flexibility index (Phi) is 6.46. The van der Waals surface area contributed by atoms with Crippen molar-refractivity contribution in [3.8, 4) is 0 Å². The van der Waals surface area contributed by atoms with Crippen LogP contribution in [-0.2, 0) is 23.0 Å². The molecule has 3 rings (SSSR count). The third-order valence-corrected chi connectivity index (χ3v) is 5.84. The van der Waals surface area contributed by atoms with Crippen molar-refractivity contribution in [3.63, 3.8) is 0 Å². The van der Waals surface area contributed by atoms with Gasteiger partial charge in [-0.1, -0.05) is 55.6 Å². The first-order valence-corrected chi connectivity index (χ1v) is 10.4. The highest BCUT2D eigenvalue weighted by molar-refractivity contribution is 6.42. The first-order chi connectivity index (χ1) is 13.4. The van der Waals surface area contributed by atoms with Crippen LogP contribution in [0.4, 0.5) is 5.82 Å². The Bertz CT molecular complexity index is 921. The predicted octanol–water partition coefficient (Wildman–Crippen LogP) is 5.49. The molecule has 0 fully saturated rings. The van der Waals surface area contributed by atoms with Crippen LogP contribution in [0.3, 0.4) is 0 Å². The molecule has 2 heterocycles. The van der Waals surface area contributed by atoms with Gasteiger partial charge in [0, 0.05) is 24.2 Å². The van der Waals surface area contributed by atoms with Crippen molar-refractivity contribution in [2.24, 2.45) is 18.0 Å². The van der Waals surface area contributed by atoms with Crippen LogP contribution in [0.15, 0.2) is 23.2 Å². The summed E-state index contributed by atoms with van der Waals surface area (Å²) in [7, 11) is 1.88. The van der Waals surface area contributed by atoms with Crippen LogP contribution in [0.2, 0.25) is 10.0 Å². The number of benzene rings is 1. The topological polar surface area (TPSA) is 56.5 Å². The Hall–Kier alpha value is -1.85. The Morgan fingerprint density at radius 3 is 2.68 bits per heavy atom. The molecule has 7 heteroatoms. The van der Waals surface area contributed by atoms with E-state index in [-0.39, 0.29) is 11.9 Å². The second-order valence-electron chi connectivity index (χ2n) is 7.08. The van der Waals surface area contributed by atoms with Crippen LogP contribution >= 0.6 is 23.2 Å². The monoisotopic (exact) mass is 421 g/mol. The molecule has 1 aliphatic heterocycles. The minimum atomic E-state index is -0.560. The van der Waals surface area contributed by atoms with E-state index in [2.05, 4.69) is 12.0 Å². The van der Waals surface area contributed by atoms with Gasteiger partial charge in [0.25, 0.3) is 0 Å². The number of aliphatic imine (C=N–C) groups is 1. The molecule has 0 amide bonds. The standard InChI is InChI=1S/C21H25Cl2N3O2/c1-5-8-15-18-17(13-9-7-10-14(22)19(13)23)16(21(27)28-11-6-2)12(3)24-20(18)26(4)25-15/h7,9-10,16-17H,5-6,8,11H2,1-4H3. The van der Waals surface area contributed by atoms with Gasteiger partial charge in [-0.25, -0.2) is 4.99 Å². The molecule has 0 N–H and O–H groups in total. The van der Waals surface area contributed by atoms with Gasteiger partial charge in [0.05, 0.1) is 22.3 Å². The average molecular weight is 422 g/mol. The first-order valence-electron chi connectivity index (χ1n) is 9.62. The predicted molar refractivity (Wildman–Crippen MR) is 113 cm³/mol. The van der Waals surface area contributed by atoms with Gasteiger partial charge in [-0.2, -0.15) is 5.10 Å².